The van der Waals surface area contributed by atoms with Crippen LogP contribution in [0.5, 0.6) is 0 Å². The SMILES string of the molecule is Cc1cc(-c2onc3c2CNC3)ccc1F. The average Bonchev–Trinajstić information content (AvgIpc) is 2.83. The van der Waals surface area contributed by atoms with Gasteiger partial charge in [0, 0.05) is 24.2 Å². The molecule has 0 spiro atoms. The standard InChI is InChI=1S/C12H11FN2O/c1-7-4-8(2-3-10(7)13)12-9-5-14-6-11(9)15-16-12/h2-4,14H,5-6H2,1H3. The third-order valence-corrected chi connectivity index (χ3v) is 2.88. The molecule has 4 heteroatoms. The molecule has 1 N–H and O–H groups in total. The largest absolute Gasteiger partial charge is 0.356 e. The van der Waals surface area contributed by atoms with Crippen molar-refractivity contribution in [3.05, 3.63) is 40.8 Å². The van der Waals surface area contributed by atoms with Crippen molar-refractivity contribution in [1.82, 2.24) is 10.5 Å². The molecular formula is C12H11FN2O. The number of nitrogens with zero attached hydrogens (tertiary/aromatic N) is 1. The number of aryl methyl sites for hydroxylation is 1. The van der Waals surface area contributed by atoms with Crippen LogP contribution >= 0.6 is 0 Å². The van der Waals surface area contributed by atoms with Gasteiger partial charge >= 0.3 is 0 Å². The molecule has 82 valence electrons. The van der Waals surface area contributed by atoms with Gasteiger partial charge in [0.1, 0.15) is 11.5 Å². The molecule has 1 aromatic carbocycles. The van der Waals surface area contributed by atoms with Gasteiger partial charge in [-0.3, -0.25) is 0 Å². The molecule has 16 heavy (non-hydrogen) atoms. The first kappa shape index (κ1) is 9.54. The third kappa shape index (κ3) is 1.34. The second-order valence-electron chi connectivity index (χ2n) is 4.00. The highest BCUT2D eigenvalue weighted by atomic mass is 19.1. The van der Waals surface area contributed by atoms with Gasteiger partial charge in [-0.25, -0.2) is 4.39 Å². The summed E-state index contributed by atoms with van der Waals surface area (Å²) < 4.78 is 18.5. The van der Waals surface area contributed by atoms with Crippen molar-refractivity contribution >= 4 is 0 Å². The molecule has 2 heterocycles. The van der Waals surface area contributed by atoms with Crippen LogP contribution in [0.15, 0.2) is 22.7 Å². The molecule has 0 bridgehead atoms. The molecule has 1 aliphatic rings. The van der Waals surface area contributed by atoms with E-state index < -0.39 is 0 Å². The summed E-state index contributed by atoms with van der Waals surface area (Å²) in [6, 6.07) is 4.97. The van der Waals surface area contributed by atoms with E-state index in [9.17, 15) is 4.39 Å². The lowest BCUT2D eigenvalue weighted by molar-refractivity contribution is 0.417. The van der Waals surface area contributed by atoms with Gasteiger partial charge in [-0.2, -0.15) is 0 Å². The molecule has 3 nitrogen and oxygen atoms in total. The Labute approximate surface area is 92.3 Å². The lowest BCUT2D eigenvalue weighted by Crippen LogP contribution is -2.01. The first-order valence-corrected chi connectivity index (χ1v) is 5.20. The van der Waals surface area contributed by atoms with Gasteiger partial charge in [-0.05, 0) is 30.7 Å². The highest BCUT2D eigenvalue weighted by Crippen LogP contribution is 2.29. The van der Waals surface area contributed by atoms with E-state index in [0.717, 1.165) is 35.7 Å². The second-order valence-corrected chi connectivity index (χ2v) is 4.00. The Morgan fingerprint density at radius 3 is 3.06 bits per heavy atom. The van der Waals surface area contributed by atoms with E-state index in [-0.39, 0.29) is 5.82 Å². The van der Waals surface area contributed by atoms with Crippen molar-refractivity contribution in [3.63, 3.8) is 0 Å². The van der Waals surface area contributed by atoms with Crippen LogP contribution in [0, 0.1) is 12.7 Å². The first-order chi connectivity index (χ1) is 7.75. The monoisotopic (exact) mass is 218 g/mol. The number of hydrogen-bond acceptors (Lipinski definition) is 3. The van der Waals surface area contributed by atoms with Crippen LogP contribution < -0.4 is 5.32 Å². The number of rotatable bonds is 1. The minimum atomic E-state index is -0.196. The van der Waals surface area contributed by atoms with Crippen molar-refractivity contribution in [2.75, 3.05) is 0 Å². The van der Waals surface area contributed by atoms with Crippen LogP contribution in [0.4, 0.5) is 4.39 Å². The first-order valence-electron chi connectivity index (χ1n) is 5.20. The Balaban J connectivity index is 2.11. The van der Waals surface area contributed by atoms with Gasteiger partial charge in [-0.15, -0.1) is 0 Å². The van der Waals surface area contributed by atoms with Crippen LogP contribution in [-0.4, -0.2) is 5.16 Å². The van der Waals surface area contributed by atoms with Crippen LogP contribution in [0.1, 0.15) is 16.8 Å². The molecule has 3 rings (SSSR count). The molecule has 2 aromatic rings. The van der Waals surface area contributed by atoms with Gasteiger partial charge in [0.2, 0.25) is 0 Å². The molecule has 0 aliphatic carbocycles. The Hall–Kier alpha value is -1.68. The summed E-state index contributed by atoms with van der Waals surface area (Å²) in [6.07, 6.45) is 0. The summed E-state index contributed by atoms with van der Waals surface area (Å²) in [6.45, 7) is 3.26. The summed E-state index contributed by atoms with van der Waals surface area (Å²) in [7, 11) is 0. The van der Waals surface area contributed by atoms with Crippen molar-refractivity contribution in [3.8, 4) is 11.3 Å². The van der Waals surface area contributed by atoms with E-state index in [1.807, 2.05) is 0 Å². The van der Waals surface area contributed by atoms with Crippen molar-refractivity contribution < 1.29 is 8.91 Å². The van der Waals surface area contributed by atoms with Crippen LogP contribution in [0.25, 0.3) is 11.3 Å². The lowest BCUT2D eigenvalue weighted by atomic mass is 10.1. The lowest BCUT2D eigenvalue weighted by Gasteiger charge is -2.01. The zero-order valence-electron chi connectivity index (χ0n) is 8.88. The molecule has 0 radical (unpaired) electrons. The van der Waals surface area contributed by atoms with Gasteiger partial charge in [0.05, 0.1) is 0 Å². The molecule has 0 saturated carbocycles. The summed E-state index contributed by atoms with van der Waals surface area (Å²) >= 11 is 0. The zero-order valence-corrected chi connectivity index (χ0v) is 8.88. The Bertz CT molecular complexity index is 548. The van der Waals surface area contributed by atoms with Crippen LogP contribution in [-0.2, 0) is 13.1 Å². The molecule has 0 unspecified atom stereocenters. The third-order valence-electron chi connectivity index (χ3n) is 2.88. The number of fused-ring (bicyclic) bond motifs is 1. The van der Waals surface area contributed by atoms with Gasteiger partial charge in [-0.1, -0.05) is 5.16 Å². The Morgan fingerprint density at radius 1 is 1.38 bits per heavy atom. The van der Waals surface area contributed by atoms with E-state index in [2.05, 4.69) is 10.5 Å². The Morgan fingerprint density at radius 2 is 2.25 bits per heavy atom. The van der Waals surface area contributed by atoms with Crippen LogP contribution in [0.3, 0.4) is 0 Å². The molecule has 0 atom stereocenters. The molecule has 1 aliphatic heterocycles. The number of halogens is 1. The van der Waals surface area contributed by atoms with Gasteiger partial charge < -0.3 is 9.84 Å². The molecule has 0 saturated heterocycles. The van der Waals surface area contributed by atoms with E-state index in [0.29, 0.717) is 5.56 Å². The highest BCUT2D eigenvalue weighted by molar-refractivity contribution is 5.63. The van der Waals surface area contributed by atoms with E-state index in [4.69, 9.17) is 4.52 Å². The normalized spacial score (nSPS) is 14.1. The maximum Gasteiger partial charge on any atom is 0.171 e. The fraction of sp³-hybridized carbons (Fsp3) is 0.250. The smallest absolute Gasteiger partial charge is 0.171 e. The van der Waals surface area contributed by atoms with Crippen molar-refractivity contribution in [1.29, 1.82) is 0 Å². The predicted octanol–water partition coefficient (Wildman–Crippen LogP) is 2.39. The summed E-state index contributed by atoms with van der Waals surface area (Å²) in [4.78, 5) is 0. The van der Waals surface area contributed by atoms with Crippen molar-refractivity contribution in [2.24, 2.45) is 0 Å². The number of aromatic nitrogens is 1. The molecule has 0 amide bonds. The summed E-state index contributed by atoms with van der Waals surface area (Å²) in [5.41, 5.74) is 3.55. The van der Waals surface area contributed by atoms with Crippen LogP contribution in [0.2, 0.25) is 0 Å². The fourth-order valence-electron chi connectivity index (χ4n) is 1.98. The van der Waals surface area contributed by atoms with Gasteiger partial charge in [0.25, 0.3) is 0 Å². The maximum absolute atomic E-state index is 13.2. The molecule has 0 fully saturated rings. The number of hydrogen-bond donors (Lipinski definition) is 1. The minimum absolute atomic E-state index is 0.196. The topological polar surface area (TPSA) is 38.1 Å². The second kappa shape index (κ2) is 3.42. The highest BCUT2D eigenvalue weighted by Gasteiger charge is 2.21. The summed E-state index contributed by atoms with van der Waals surface area (Å²) in [5, 5.41) is 7.20. The average molecular weight is 218 g/mol. The fourth-order valence-corrected chi connectivity index (χ4v) is 1.98. The zero-order chi connectivity index (χ0) is 11.1. The van der Waals surface area contributed by atoms with E-state index >= 15 is 0 Å². The predicted molar refractivity (Wildman–Crippen MR) is 57.2 cm³/mol. The molecular weight excluding hydrogens is 207 g/mol. The van der Waals surface area contributed by atoms with E-state index in [1.165, 1.54) is 6.07 Å². The Kier molecular flexibility index (Phi) is 2.04. The van der Waals surface area contributed by atoms with Gasteiger partial charge in [0.15, 0.2) is 5.76 Å². The number of nitrogens with one attached hydrogen (secondary N) is 1. The quantitative estimate of drug-likeness (QED) is 0.798. The molecule has 1 aromatic heterocycles. The minimum Gasteiger partial charge on any atom is -0.356 e. The van der Waals surface area contributed by atoms with Crippen molar-refractivity contribution in [2.45, 2.75) is 20.0 Å². The maximum atomic E-state index is 13.2. The van der Waals surface area contributed by atoms with E-state index in [1.54, 1.807) is 19.1 Å². The number of benzene rings is 1. The summed E-state index contributed by atoms with van der Waals surface area (Å²) in [5.74, 6) is 0.557.